The van der Waals surface area contributed by atoms with Crippen LogP contribution in [-0.4, -0.2) is 41.9 Å². The van der Waals surface area contributed by atoms with Crippen LogP contribution in [0.25, 0.3) is 0 Å². The van der Waals surface area contributed by atoms with Crippen molar-refractivity contribution in [3.05, 3.63) is 77.4 Å². The number of ether oxygens (including phenoxy) is 2. The number of aromatic amines is 1. The van der Waals surface area contributed by atoms with Crippen molar-refractivity contribution in [1.29, 1.82) is 0 Å². The minimum Gasteiger partial charge on any atom is -0.497 e. The fraction of sp³-hybridized carbons (Fsp3) is 0.348. The van der Waals surface area contributed by atoms with Crippen LogP contribution in [0.2, 0.25) is 0 Å². The summed E-state index contributed by atoms with van der Waals surface area (Å²) in [5.41, 5.74) is 3.35. The number of hydrogen-bond donors (Lipinski definition) is 1. The zero-order valence-electron chi connectivity index (χ0n) is 16.6. The number of aromatic nitrogens is 2. The van der Waals surface area contributed by atoms with Gasteiger partial charge in [-0.1, -0.05) is 12.1 Å². The van der Waals surface area contributed by atoms with Crippen molar-refractivity contribution in [2.75, 3.05) is 26.8 Å². The van der Waals surface area contributed by atoms with E-state index in [0.717, 1.165) is 60.9 Å². The maximum Gasteiger partial charge on any atom is 0.123 e. The molecule has 3 aromatic rings. The van der Waals surface area contributed by atoms with Crippen LogP contribution in [0.1, 0.15) is 29.3 Å². The van der Waals surface area contributed by atoms with Gasteiger partial charge in [-0.3, -0.25) is 10.00 Å². The maximum atomic E-state index is 13.1. The Morgan fingerprint density at radius 1 is 1.10 bits per heavy atom. The van der Waals surface area contributed by atoms with Crippen LogP contribution in [0.15, 0.2) is 54.6 Å². The van der Waals surface area contributed by atoms with Gasteiger partial charge in [0, 0.05) is 31.1 Å². The van der Waals surface area contributed by atoms with E-state index in [9.17, 15) is 4.39 Å². The Kier molecular flexibility index (Phi) is 6.10. The molecule has 1 aliphatic heterocycles. The zero-order valence-corrected chi connectivity index (χ0v) is 16.6. The van der Waals surface area contributed by atoms with Gasteiger partial charge in [-0.25, -0.2) is 4.39 Å². The third kappa shape index (κ3) is 5.15. The number of halogens is 1. The van der Waals surface area contributed by atoms with Crippen LogP contribution in [0, 0.1) is 5.82 Å². The summed E-state index contributed by atoms with van der Waals surface area (Å²) in [5, 5.41) is 7.67. The first-order valence-electron chi connectivity index (χ1n) is 9.97. The molecule has 0 unspecified atom stereocenters. The van der Waals surface area contributed by atoms with E-state index in [1.54, 1.807) is 7.11 Å². The van der Waals surface area contributed by atoms with E-state index in [2.05, 4.69) is 21.2 Å². The quantitative estimate of drug-likeness (QED) is 0.622. The summed E-state index contributed by atoms with van der Waals surface area (Å²) >= 11 is 0. The largest absolute Gasteiger partial charge is 0.497 e. The van der Waals surface area contributed by atoms with Gasteiger partial charge < -0.3 is 9.47 Å². The highest BCUT2D eigenvalue weighted by Gasteiger charge is 2.25. The Hall–Kier alpha value is -2.86. The molecular weight excluding hydrogens is 369 g/mol. The number of rotatable bonds is 8. The van der Waals surface area contributed by atoms with Crippen LogP contribution in [0.3, 0.4) is 0 Å². The van der Waals surface area contributed by atoms with Gasteiger partial charge in [0.2, 0.25) is 0 Å². The molecule has 1 fully saturated rings. The molecule has 5 nitrogen and oxygen atoms in total. The van der Waals surface area contributed by atoms with Crippen molar-refractivity contribution >= 4 is 0 Å². The minimum atomic E-state index is -0.187. The normalized spacial score (nSPS) is 16.8. The van der Waals surface area contributed by atoms with Gasteiger partial charge in [0.05, 0.1) is 19.4 Å². The minimum absolute atomic E-state index is 0.187. The van der Waals surface area contributed by atoms with E-state index < -0.39 is 0 Å². The molecule has 152 valence electrons. The molecule has 0 radical (unpaired) electrons. The SMILES string of the molecule is COc1ccc(OCCc2cc([C@@H]3CCN(Cc4ccc(F)cc4)C3)n[nH]2)cc1. The summed E-state index contributed by atoms with van der Waals surface area (Å²) in [7, 11) is 1.65. The first-order valence-corrected chi connectivity index (χ1v) is 9.97. The van der Waals surface area contributed by atoms with E-state index in [-0.39, 0.29) is 5.82 Å². The van der Waals surface area contributed by atoms with Crippen LogP contribution in [0.4, 0.5) is 4.39 Å². The van der Waals surface area contributed by atoms with Crippen molar-refractivity contribution in [2.45, 2.75) is 25.3 Å². The molecule has 0 spiro atoms. The van der Waals surface area contributed by atoms with Crippen molar-refractivity contribution in [3.8, 4) is 11.5 Å². The molecular formula is C23H26FN3O2. The van der Waals surface area contributed by atoms with Crippen LogP contribution in [0.5, 0.6) is 11.5 Å². The summed E-state index contributed by atoms with van der Waals surface area (Å²) in [6.07, 6.45) is 1.87. The average Bonchev–Trinajstić information content (AvgIpc) is 3.40. The molecule has 29 heavy (non-hydrogen) atoms. The first kappa shape index (κ1) is 19.5. The van der Waals surface area contributed by atoms with Gasteiger partial charge in [0.1, 0.15) is 17.3 Å². The number of likely N-dealkylation sites (tertiary alicyclic amines) is 1. The molecule has 2 heterocycles. The third-order valence-electron chi connectivity index (χ3n) is 5.36. The van der Waals surface area contributed by atoms with Crippen LogP contribution in [-0.2, 0) is 13.0 Å². The number of hydrogen-bond acceptors (Lipinski definition) is 4. The predicted octanol–water partition coefficient (Wildman–Crippen LogP) is 4.17. The molecule has 1 saturated heterocycles. The van der Waals surface area contributed by atoms with Crippen molar-refractivity contribution in [2.24, 2.45) is 0 Å². The van der Waals surface area contributed by atoms with Crippen molar-refractivity contribution < 1.29 is 13.9 Å². The lowest BCUT2D eigenvalue weighted by Crippen LogP contribution is -2.19. The molecule has 0 amide bonds. The Morgan fingerprint density at radius 2 is 1.86 bits per heavy atom. The third-order valence-corrected chi connectivity index (χ3v) is 5.36. The van der Waals surface area contributed by atoms with Crippen LogP contribution >= 0.6 is 0 Å². The summed E-state index contributed by atoms with van der Waals surface area (Å²) in [4.78, 5) is 2.40. The molecule has 1 aromatic heterocycles. The second-order valence-electron chi connectivity index (χ2n) is 7.44. The first-order chi connectivity index (χ1) is 14.2. The molecule has 4 rings (SSSR count). The fourth-order valence-electron chi connectivity index (χ4n) is 3.73. The second-order valence-corrected chi connectivity index (χ2v) is 7.44. The molecule has 1 aliphatic rings. The van der Waals surface area contributed by atoms with Gasteiger partial charge in [-0.05, 0) is 61.0 Å². The lowest BCUT2D eigenvalue weighted by molar-refractivity contribution is 0.319. The van der Waals surface area contributed by atoms with E-state index in [1.807, 2.05) is 36.4 Å². The van der Waals surface area contributed by atoms with Gasteiger partial charge in [-0.15, -0.1) is 0 Å². The number of benzene rings is 2. The highest BCUT2D eigenvalue weighted by molar-refractivity contribution is 5.31. The van der Waals surface area contributed by atoms with Crippen molar-refractivity contribution in [1.82, 2.24) is 15.1 Å². The number of H-pyrrole nitrogens is 1. The summed E-state index contributed by atoms with van der Waals surface area (Å²) in [6, 6.07) is 16.5. The average molecular weight is 395 g/mol. The summed E-state index contributed by atoms with van der Waals surface area (Å²) < 4.78 is 24.0. The molecule has 1 N–H and O–H groups in total. The standard InChI is InChI=1S/C23H26FN3O2/c1-28-21-6-8-22(9-7-21)29-13-11-20-14-23(26-25-20)18-10-12-27(16-18)15-17-2-4-19(24)5-3-17/h2-9,14,18H,10-13,15-16H2,1H3,(H,25,26)/t18-/m1/s1. The highest BCUT2D eigenvalue weighted by atomic mass is 19.1. The molecule has 2 aromatic carbocycles. The highest BCUT2D eigenvalue weighted by Crippen LogP contribution is 2.27. The Bertz CT molecular complexity index is 909. The lowest BCUT2D eigenvalue weighted by Gasteiger charge is -2.15. The number of nitrogens with zero attached hydrogens (tertiary/aromatic N) is 2. The Morgan fingerprint density at radius 3 is 2.62 bits per heavy atom. The number of methoxy groups -OCH3 is 1. The summed E-state index contributed by atoms with van der Waals surface area (Å²) in [5.74, 6) is 1.90. The second kappa shape index (κ2) is 9.09. The van der Waals surface area contributed by atoms with E-state index in [0.29, 0.717) is 12.5 Å². The van der Waals surface area contributed by atoms with Gasteiger partial charge in [-0.2, -0.15) is 5.10 Å². The smallest absolute Gasteiger partial charge is 0.123 e. The summed E-state index contributed by atoms with van der Waals surface area (Å²) in [6.45, 7) is 3.45. The van der Waals surface area contributed by atoms with Gasteiger partial charge in [0.15, 0.2) is 0 Å². The Balaban J connectivity index is 1.25. The topological polar surface area (TPSA) is 50.4 Å². The lowest BCUT2D eigenvalue weighted by atomic mass is 10.0. The van der Waals surface area contributed by atoms with Crippen molar-refractivity contribution in [3.63, 3.8) is 0 Å². The molecule has 0 saturated carbocycles. The zero-order chi connectivity index (χ0) is 20.1. The van der Waals surface area contributed by atoms with Gasteiger partial charge >= 0.3 is 0 Å². The Labute approximate surface area is 170 Å². The molecule has 0 aliphatic carbocycles. The predicted molar refractivity (Wildman–Crippen MR) is 110 cm³/mol. The maximum absolute atomic E-state index is 13.1. The monoisotopic (exact) mass is 395 g/mol. The molecule has 0 bridgehead atoms. The molecule has 1 atom stereocenters. The van der Waals surface area contributed by atoms with E-state index in [4.69, 9.17) is 9.47 Å². The van der Waals surface area contributed by atoms with Crippen LogP contribution < -0.4 is 9.47 Å². The fourth-order valence-corrected chi connectivity index (χ4v) is 3.73. The van der Waals surface area contributed by atoms with E-state index in [1.165, 1.54) is 12.1 Å². The number of nitrogens with one attached hydrogen (secondary N) is 1. The molecule has 6 heteroatoms. The van der Waals surface area contributed by atoms with E-state index >= 15 is 0 Å². The van der Waals surface area contributed by atoms with Gasteiger partial charge in [0.25, 0.3) is 0 Å².